The molecule has 1 aliphatic heterocycles. The van der Waals surface area contributed by atoms with Crippen LogP contribution in [0, 0.1) is 0 Å². The molecular formula is C53H35N3. The van der Waals surface area contributed by atoms with Gasteiger partial charge in [-0.05, 0) is 80.9 Å². The maximum Gasteiger partial charge on any atom is 0.160 e. The Morgan fingerprint density at radius 1 is 0.339 bits per heavy atom. The minimum Gasteiger partial charge on any atom is -0.310 e. The van der Waals surface area contributed by atoms with Crippen molar-refractivity contribution in [3.05, 3.63) is 235 Å². The lowest BCUT2D eigenvalue weighted by atomic mass is 9.64. The van der Waals surface area contributed by atoms with Crippen LogP contribution in [0.4, 0.5) is 17.1 Å². The van der Waals surface area contributed by atoms with Crippen LogP contribution in [0.25, 0.3) is 56.2 Å². The van der Waals surface area contributed by atoms with Crippen molar-refractivity contribution in [2.45, 2.75) is 5.41 Å². The van der Waals surface area contributed by atoms with Crippen LogP contribution in [0.1, 0.15) is 22.3 Å². The second-order valence-electron chi connectivity index (χ2n) is 14.5. The van der Waals surface area contributed by atoms with Crippen molar-refractivity contribution in [3.63, 3.8) is 0 Å². The number of hydrogen-bond donors (Lipinski definition) is 0. The highest BCUT2D eigenvalue weighted by Gasteiger charge is 2.52. The van der Waals surface area contributed by atoms with Crippen LogP contribution in [0.5, 0.6) is 0 Å². The fraction of sp³-hybridized carbons (Fsp3) is 0.0189. The Morgan fingerprint density at radius 3 is 1.55 bits per heavy atom. The van der Waals surface area contributed by atoms with Crippen molar-refractivity contribution in [3.8, 4) is 56.2 Å². The molecule has 3 heteroatoms. The van der Waals surface area contributed by atoms with Crippen LogP contribution in [0.2, 0.25) is 0 Å². The second kappa shape index (κ2) is 12.9. The highest BCUT2D eigenvalue weighted by atomic mass is 15.2. The highest BCUT2D eigenvalue weighted by molar-refractivity contribution is 6.00. The van der Waals surface area contributed by atoms with Crippen LogP contribution in [-0.4, -0.2) is 9.97 Å². The number of fused-ring (bicyclic) bond motifs is 9. The minimum absolute atomic E-state index is 0.553. The van der Waals surface area contributed by atoms with E-state index < -0.39 is 5.41 Å². The van der Waals surface area contributed by atoms with Gasteiger partial charge in [0, 0.05) is 22.4 Å². The molecule has 1 spiro atoms. The van der Waals surface area contributed by atoms with Gasteiger partial charge in [-0.3, -0.25) is 0 Å². The van der Waals surface area contributed by atoms with Gasteiger partial charge in [-0.15, -0.1) is 0 Å². The fourth-order valence-electron chi connectivity index (χ4n) is 9.16. The first-order valence-corrected chi connectivity index (χ1v) is 19.2. The molecule has 0 saturated carbocycles. The third-order valence-electron chi connectivity index (χ3n) is 11.5. The summed E-state index contributed by atoms with van der Waals surface area (Å²) in [4.78, 5) is 13.0. The summed E-state index contributed by atoms with van der Waals surface area (Å²) in [5, 5.41) is 0. The third-order valence-corrected chi connectivity index (χ3v) is 11.5. The Bertz CT molecular complexity index is 2870. The molecule has 1 aliphatic carbocycles. The molecule has 0 atom stereocenters. The molecule has 1 aromatic heterocycles. The van der Waals surface area contributed by atoms with Crippen LogP contribution >= 0.6 is 0 Å². The van der Waals surface area contributed by atoms with E-state index in [9.17, 15) is 0 Å². The highest BCUT2D eigenvalue weighted by Crippen LogP contribution is 2.64. The zero-order valence-corrected chi connectivity index (χ0v) is 30.5. The Morgan fingerprint density at radius 2 is 0.839 bits per heavy atom. The number of aromatic nitrogens is 2. The molecule has 3 nitrogen and oxygen atoms in total. The van der Waals surface area contributed by atoms with Gasteiger partial charge in [0.1, 0.15) is 0 Å². The van der Waals surface area contributed by atoms with E-state index in [0.717, 1.165) is 39.3 Å². The number of anilines is 3. The molecule has 0 fully saturated rings. The molecule has 2 aliphatic rings. The molecular weight excluding hydrogens is 679 g/mol. The van der Waals surface area contributed by atoms with Gasteiger partial charge >= 0.3 is 0 Å². The van der Waals surface area contributed by atoms with Crippen LogP contribution < -0.4 is 4.90 Å². The van der Waals surface area contributed by atoms with Crippen molar-refractivity contribution < 1.29 is 0 Å². The molecule has 8 aromatic carbocycles. The van der Waals surface area contributed by atoms with Gasteiger partial charge in [0.05, 0.1) is 28.2 Å². The van der Waals surface area contributed by atoms with Crippen molar-refractivity contribution in [1.29, 1.82) is 0 Å². The van der Waals surface area contributed by atoms with Gasteiger partial charge in [0.25, 0.3) is 0 Å². The number of hydrogen-bond acceptors (Lipinski definition) is 3. The molecule has 0 radical (unpaired) electrons. The van der Waals surface area contributed by atoms with Gasteiger partial charge in [-0.25, -0.2) is 9.97 Å². The largest absolute Gasteiger partial charge is 0.310 e. The van der Waals surface area contributed by atoms with Crippen molar-refractivity contribution in [1.82, 2.24) is 9.97 Å². The third kappa shape index (κ3) is 4.84. The average Bonchev–Trinajstić information content (AvgIpc) is 3.58. The predicted molar refractivity (Wildman–Crippen MR) is 229 cm³/mol. The monoisotopic (exact) mass is 713 g/mol. The molecule has 0 unspecified atom stereocenters. The van der Waals surface area contributed by atoms with Crippen LogP contribution in [0.3, 0.4) is 0 Å². The van der Waals surface area contributed by atoms with Crippen LogP contribution in [0.15, 0.2) is 212 Å². The van der Waals surface area contributed by atoms with Crippen LogP contribution in [-0.2, 0) is 5.41 Å². The molecule has 0 bridgehead atoms. The Kier molecular flexibility index (Phi) is 7.39. The van der Waals surface area contributed by atoms with Gasteiger partial charge in [-0.1, -0.05) is 176 Å². The maximum absolute atomic E-state index is 5.38. The number of rotatable bonds is 5. The van der Waals surface area contributed by atoms with E-state index >= 15 is 0 Å². The number of para-hydroxylation sites is 3. The molecule has 2 heterocycles. The molecule has 262 valence electrons. The lowest BCUT2D eigenvalue weighted by molar-refractivity contribution is 0.753. The normalized spacial score (nSPS) is 13.1. The van der Waals surface area contributed by atoms with Gasteiger partial charge in [0.2, 0.25) is 0 Å². The second-order valence-corrected chi connectivity index (χ2v) is 14.5. The topological polar surface area (TPSA) is 29.0 Å². The SMILES string of the molecule is c1ccc(-c2cccc(-c3cc(-c4cccc5c4-c4ccccc4C54c5ccccc5N(c5ccccc5)c5ccccc54)nc(-c4ccccc4)n3)c2)cc1. The van der Waals surface area contributed by atoms with Gasteiger partial charge < -0.3 is 4.90 Å². The summed E-state index contributed by atoms with van der Waals surface area (Å²) >= 11 is 0. The molecule has 0 saturated heterocycles. The summed E-state index contributed by atoms with van der Waals surface area (Å²) in [5.41, 5.74) is 17.7. The maximum atomic E-state index is 5.38. The van der Waals surface area contributed by atoms with E-state index in [4.69, 9.17) is 9.97 Å². The first kappa shape index (κ1) is 32.1. The Hall–Kier alpha value is -7.36. The van der Waals surface area contributed by atoms with Crippen molar-refractivity contribution in [2.75, 3.05) is 4.90 Å². The first-order chi connectivity index (χ1) is 27.8. The van der Waals surface area contributed by atoms with Crippen molar-refractivity contribution in [2.24, 2.45) is 0 Å². The van der Waals surface area contributed by atoms with E-state index in [0.29, 0.717) is 5.82 Å². The molecule has 0 N–H and O–H groups in total. The smallest absolute Gasteiger partial charge is 0.160 e. The van der Waals surface area contributed by atoms with Crippen molar-refractivity contribution >= 4 is 17.1 Å². The number of nitrogens with zero attached hydrogens (tertiary/aromatic N) is 3. The Labute approximate surface area is 326 Å². The summed E-state index contributed by atoms with van der Waals surface area (Å²) in [7, 11) is 0. The Balaban J connectivity index is 1.18. The first-order valence-electron chi connectivity index (χ1n) is 19.2. The van der Waals surface area contributed by atoms with E-state index in [1.807, 2.05) is 6.07 Å². The summed E-state index contributed by atoms with van der Waals surface area (Å²) in [6, 6.07) is 76.2. The van der Waals surface area contributed by atoms with E-state index in [1.165, 1.54) is 50.3 Å². The average molecular weight is 714 g/mol. The van der Waals surface area contributed by atoms with Gasteiger partial charge in [0.15, 0.2) is 5.82 Å². The fourth-order valence-corrected chi connectivity index (χ4v) is 9.16. The van der Waals surface area contributed by atoms with E-state index in [-0.39, 0.29) is 0 Å². The van der Waals surface area contributed by atoms with E-state index in [1.54, 1.807) is 0 Å². The molecule has 11 rings (SSSR count). The zero-order valence-electron chi connectivity index (χ0n) is 30.5. The quantitative estimate of drug-likeness (QED) is 0.178. The molecule has 56 heavy (non-hydrogen) atoms. The van der Waals surface area contributed by atoms with Gasteiger partial charge in [-0.2, -0.15) is 0 Å². The molecule has 0 amide bonds. The lowest BCUT2D eigenvalue weighted by Crippen LogP contribution is -2.36. The standard InChI is InChI=1S/C53H35N3/c1-4-18-36(19-5-1)38-22-16-23-39(34-38)47-35-48(55-52(54-47)37-20-6-2-7-21-37)42-27-17-31-46-51(42)41-26-10-11-28-43(41)53(46)44-29-12-14-32-49(44)56(40-24-8-3-9-25-40)50-33-15-13-30-45(50)53/h1-35H. The summed E-state index contributed by atoms with van der Waals surface area (Å²) < 4.78 is 0. The summed E-state index contributed by atoms with van der Waals surface area (Å²) in [5.74, 6) is 0.702. The summed E-state index contributed by atoms with van der Waals surface area (Å²) in [6.45, 7) is 0. The summed E-state index contributed by atoms with van der Waals surface area (Å²) in [6.07, 6.45) is 0. The lowest BCUT2D eigenvalue weighted by Gasteiger charge is -2.45. The zero-order chi connectivity index (χ0) is 37.1. The van der Waals surface area contributed by atoms with E-state index in [2.05, 4.69) is 211 Å². The predicted octanol–water partition coefficient (Wildman–Crippen LogP) is 13.3. The molecule has 9 aromatic rings. The number of benzene rings is 8. The minimum atomic E-state index is -0.553.